The summed E-state index contributed by atoms with van der Waals surface area (Å²) in [4.78, 5) is 4.69. The van der Waals surface area contributed by atoms with E-state index in [0.29, 0.717) is 19.8 Å². The summed E-state index contributed by atoms with van der Waals surface area (Å²) in [7, 11) is 1.51. The molecule has 0 saturated carbocycles. The summed E-state index contributed by atoms with van der Waals surface area (Å²) in [6, 6.07) is 11.6. The van der Waals surface area contributed by atoms with Crippen LogP contribution in [0.3, 0.4) is 0 Å². The lowest BCUT2D eigenvalue weighted by Crippen LogP contribution is -2.01. The van der Waals surface area contributed by atoms with E-state index in [0.717, 1.165) is 33.9 Å². The number of rotatable bonds is 11. The van der Waals surface area contributed by atoms with E-state index in [1.54, 1.807) is 6.21 Å². The number of benzene rings is 2. The first-order valence-electron chi connectivity index (χ1n) is 10.6. The molecule has 0 aromatic heterocycles. The minimum Gasteiger partial charge on any atom is -0.490 e. The normalized spacial score (nSPS) is 10.9. The number of oxime groups is 1. The van der Waals surface area contributed by atoms with E-state index in [9.17, 15) is 0 Å². The predicted octanol–water partition coefficient (Wildman–Crippen LogP) is 6.28. The number of aryl methyl sites for hydroxylation is 2. The zero-order chi connectivity index (χ0) is 22.9. The summed E-state index contributed by atoms with van der Waals surface area (Å²) < 4.78 is 17.3. The topological polar surface area (TPSA) is 49.3 Å². The minimum absolute atomic E-state index is 0.462. The molecule has 0 N–H and O–H groups in total. The highest BCUT2D eigenvalue weighted by atomic mass is 16.6. The molecule has 0 radical (unpaired) electrons. The summed E-state index contributed by atoms with van der Waals surface area (Å²) in [5.74, 6) is 2.52. The van der Waals surface area contributed by atoms with Gasteiger partial charge in [-0.1, -0.05) is 43.3 Å². The van der Waals surface area contributed by atoms with Gasteiger partial charge in [-0.25, -0.2) is 0 Å². The van der Waals surface area contributed by atoms with E-state index in [2.05, 4.69) is 9.99 Å². The standard InChI is InChI=1S/C24H29NO4.C2H6/c1-5-6-12-28-23-15-19(2)24(20(3)16-23)29-14-8-7-13-27-22-11-9-10-21(17-22)18-25-26-4;1-2/h5-11,15-18H,12-14H2,1-4H3;1-2H3/b6-5+,8-7+,25-18-;. The molecule has 168 valence electrons. The molecule has 0 aliphatic carbocycles. The maximum atomic E-state index is 5.92. The van der Waals surface area contributed by atoms with Crippen molar-refractivity contribution < 1.29 is 19.0 Å². The molecule has 0 spiro atoms. The van der Waals surface area contributed by atoms with Gasteiger partial charge >= 0.3 is 0 Å². The second-order valence-corrected chi connectivity index (χ2v) is 6.35. The summed E-state index contributed by atoms with van der Waals surface area (Å²) in [6.45, 7) is 11.5. The van der Waals surface area contributed by atoms with Crippen LogP contribution in [0, 0.1) is 13.8 Å². The number of nitrogens with zero attached hydrogens (tertiary/aromatic N) is 1. The van der Waals surface area contributed by atoms with E-state index in [1.807, 2.05) is 95.3 Å². The molecule has 0 amide bonds. The smallest absolute Gasteiger partial charge is 0.125 e. The van der Waals surface area contributed by atoms with E-state index in [-0.39, 0.29) is 0 Å². The molecular formula is C26H35NO4. The lowest BCUT2D eigenvalue weighted by molar-refractivity contribution is 0.215. The lowest BCUT2D eigenvalue weighted by Gasteiger charge is -2.13. The van der Waals surface area contributed by atoms with Crippen LogP contribution in [0.25, 0.3) is 0 Å². The molecule has 5 nitrogen and oxygen atoms in total. The third kappa shape index (κ3) is 9.90. The third-order valence-electron chi connectivity index (χ3n) is 4.02. The number of hydrogen-bond acceptors (Lipinski definition) is 5. The molecule has 5 heteroatoms. The molecule has 2 aromatic carbocycles. The van der Waals surface area contributed by atoms with Crippen LogP contribution in [-0.4, -0.2) is 33.1 Å². The molecule has 2 aromatic rings. The van der Waals surface area contributed by atoms with E-state index in [4.69, 9.17) is 14.2 Å². The van der Waals surface area contributed by atoms with Gasteiger partial charge in [0.1, 0.15) is 44.2 Å². The minimum atomic E-state index is 0.462. The van der Waals surface area contributed by atoms with Gasteiger partial charge < -0.3 is 19.0 Å². The van der Waals surface area contributed by atoms with E-state index < -0.39 is 0 Å². The summed E-state index contributed by atoms with van der Waals surface area (Å²) >= 11 is 0. The van der Waals surface area contributed by atoms with Gasteiger partial charge in [-0.05, 0) is 73.9 Å². The first kappa shape index (κ1) is 25.8. The van der Waals surface area contributed by atoms with Gasteiger partial charge in [-0.3, -0.25) is 0 Å². The Kier molecular flexibility index (Phi) is 13.0. The second-order valence-electron chi connectivity index (χ2n) is 6.35. The molecule has 0 bridgehead atoms. The van der Waals surface area contributed by atoms with Crippen LogP contribution in [0.5, 0.6) is 17.2 Å². The molecule has 31 heavy (non-hydrogen) atoms. The Bertz CT molecular complexity index is 833. The monoisotopic (exact) mass is 425 g/mol. The van der Waals surface area contributed by atoms with Crippen molar-refractivity contribution in [2.24, 2.45) is 5.16 Å². The van der Waals surface area contributed by atoms with Gasteiger partial charge in [0.05, 0.1) is 6.21 Å². The van der Waals surface area contributed by atoms with Crippen molar-refractivity contribution in [3.63, 3.8) is 0 Å². The number of hydrogen-bond donors (Lipinski definition) is 0. The van der Waals surface area contributed by atoms with Crippen LogP contribution in [0.2, 0.25) is 0 Å². The molecule has 0 unspecified atom stereocenters. The molecule has 0 aliphatic rings. The van der Waals surface area contributed by atoms with Crippen molar-refractivity contribution in [3.05, 3.63) is 77.4 Å². The summed E-state index contributed by atoms with van der Waals surface area (Å²) in [5, 5.41) is 3.75. The highest BCUT2D eigenvalue weighted by molar-refractivity contribution is 5.79. The molecule has 0 fully saturated rings. The Balaban J connectivity index is 0.00000233. The van der Waals surface area contributed by atoms with Gasteiger partial charge in [-0.2, -0.15) is 0 Å². The van der Waals surface area contributed by atoms with Gasteiger partial charge in [0.15, 0.2) is 0 Å². The highest BCUT2D eigenvalue weighted by Crippen LogP contribution is 2.28. The van der Waals surface area contributed by atoms with Crippen molar-refractivity contribution in [3.8, 4) is 17.2 Å². The lowest BCUT2D eigenvalue weighted by atomic mass is 10.1. The van der Waals surface area contributed by atoms with Gasteiger partial charge in [0.2, 0.25) is 0 Å². The van der Waals surface area contributed by atoms with Crippen LogP contribution in [0.4, 0.5) is 0 Å². The molecule has 0 aliphatic heterocycles. The van der Waals surface area contributed by atoms with Crippen LogP contribution < -0.4 is 14.2 Å². The Hall–Kier alpha value is -3.21. The average Bonchev–Trinajstić information content (AvgIpc) is 2.78. The average molecular weight is 426 g/mol. The maximum Gasteiger partial charge on any atom is 0.125 e. The third-order valence-corrected chi connectivity index (χ3v) is 4.02. The fourth-order valence-corrected chi connectivity index (χ4v) is 2.67. The van der Waals surface area contributed by atoms with Crippen molar-refractivity contribution in [2.45, 2.75) is 34.6 Å². The molecule has 0 saturated heterocycles. The van der Waals surface area contributed by atoms with Crippen molar-refractivity contribution >= 4 is 6.21 Å². The molecule has 2 rings (SSSR count). The quantitative estimate of drug-likeness (QED) is 0.241. The highest BCUT2D eigenvalue weighted by Gasteiger charge is 2.06. The van der Waals surface area contributed by atoms with Gasteiger partial charge in [0, 0.05) is 0 Å². The zero-order valence-corrected chi connectivity index (χ0v) is 19.6. The molecule has 0 heterocycles. The van der Waals surface area contributed by atoms with Gasteiger partial charge in [0.25, 0.3) is 0 Å². The summed E-state index contributed by atoms with van der Waals surface area (Å²) in [6.07, 6.45) is 9.48. The first-order valence-corrected chi connectivity index (χ1v) is 10.6. The molecule has 0 atom stereocenters. The molecular weight excluding hydrogens is 390 g/mol. The van der Waals surface area contributed by atoms with Crippen LogP contribution in [-0.2, 0) is 4.84 Å². The fraction of sp³-hybridized carbons (Fsp3) is 0.346. The largest absolute Gasteiger partial charge is 0.490 e. The van der Waals surface area contributed by atoms with E-state index >= 15 is 0 Å². The first-order chi connectivity index (χ1) is 15.1. The van der Waals surface area contributed by atoms with Crippen molar-refractivity contribution in [1.82, 2.24) is 0 Å². The second kappa shape index (κ2) is 15.6. The van der Waals surface area contributed by atoms with Crippen molar-refractivity contribution in [1.29, 1.82) is 0 Å². The van der Waals surface area contributed by atoms with Gasteiger partial charge in [-0.15, -0.1) is 0 Å². The Morgan fingerprint density at radius 1 is 0.806 bits per heavy atom. The maximum absolute atomic E-state index is 5.92. The Morgan fingerprint density at radius 3 is 2.06 bits per heavy atom. The SMILES string of the molecule is C/C=C/COc1cc(C)c(OC/C=C/COc2cccc(/C=N\OC)c2)c(C)c1.CC. The number of allylic oxidation sites excluding steroid dienone is 1. The van der Waals surface area contributed by atoms with Crippen LogP contribution in [0.15, 0.2) is 65.9 Å². The predicted molar refractivity (Wildman–Crippen MR) is 129 cm³/mol. The Labute approximate surface area is 187 Å². The fourth-order valence-electron chi connectivity index (χ4n) is 2.67. The Morgan fingerprint density at radius 2 is 1.42 bits per heavy atom. The number of ether oxygens (including phenoxy) is 3. The van der Waals surface area contributed by atoms with Crippen LogP contribution in [0.1, 0.15) is 37.5 Å². The van der Waals surface area contributed by atoms with E-state index in [1.165, 1.54) is 7.11 Å². The zero-order valence-electron chi connectivity index (χ0n) is 19.6. The van der Waals surface area contributed by atoms with Crippen LogP contribution >= 0.6 is 0 Å². The summed E-state index contributed by atoms with van der Waals surface area (Å²) in [5.41, 5.74) is 3.03. The van der Waals surface area contributed by atoms with Crippen molar-refractivity contribution in [2.75, 3.05) is 26.9 Å².